The van der Waals surface area contributed by atoms with Crippen molar-refractivity contribution in [3.8, 4) is 0 Å². The number of hydrogen-bond acceptors (Lipinski definition) is 7. The van der Waals surface area contributed by atoms with E-state index in [1.54, 1.807) is 19.9 Å². The lowest BCUT2D eigenvalue weighted by Crippen LogP contribution is -2.41. The number of aromatic carboxylic acids is 1. The molecule has 0 heterocycles. The second-order valence-electron chi connectivity index (χ2n) is 6.91. The van der Waals surface area contributed by atoms with E-state index in [9.17, 15) is 14.7 Å². The number of carboxylic acid groups (broad SMARTS) is 1. The van der Waals surface area contributed by atoms with Crippen LogP contribution in [0.15, 0.2) is 24.3 Å². The summed E-state index contributed by atoms with van der Waals surface area (Å²) in [5.74, 6) is -3.30. The molecule has 0 aliphatic rings. The minimum atomic E-state index is -1.29. The van der Waals surface area contributed by atoms with Gasteiger partial charge in [-0.25, -0.2) is 9.59 Å². The molecule has 0 spiro atoms. The number of esters is 1. The highest BCUT2D eigenvalue weighted by atomic mass is 16.9. The molecule has 1 rings (SSSR count). The van der Waals surface area contributed by atoms with Crippen molar-refractivity contribution in [1.82, 2.24) is 0 Å². The van der Waals surface area contributed by atoms with Gasteiger partial charge in [0.15, 0.2) is 6.29 Å². The van der Waals surface area contributed by atoms with Crippen LogP contribution >= 0.6 is 0 Å². The van der Waals surface area contributed by atoms with Crippen LogP contribution < -0.4 is 0 Å². The highest BCUT2D eigenvalue weighted by Crippen LogP contribution is 2.20. The number of rotatable bonds is 15. The third-order valence-corrected chi connectivity index (χ3v) is 4.14. The van der Waals surface area contributed by atoms with Gasteiger partial charge in [0.05, 0.1) is 24.3 Å². The van der Waals surface area contributed by atoms with Crippen molar-refractivity contribution in [2.45, 2.75) is 78.9 Å². The minimum absolute atomic E-state index is 0.0512. The number of hydrogen-bond donors (Lipinski definition) is 1. The molecule has 30 heavy (non-hydrogen) atoms. The summed E-state index contributed by atoms with van der Waals surface area (Å²) in [6.07, 6.45) is 1.88. The molecule has 0 amide bonds. The van der Waals surface area contributed by atoms with Crippen LogP contribution in [0.3, 0.4) is 0 Å². The van der Waals surface area contributed by atoms with Gasteiger partial charge in [-0.05, 0) is 38.8 Å². The summed E-state index contributed by atoms with van der Waals surface area (Å²) < 4.78 is 28.1. The Bertz CT molecular complexity index is 650. The molecule has 1 aromatic rings. The van der Waals surface area contributed by atoms with Crippen molar-refractivity contribution < 1.29 is 38.4 Å². The minimum Gasteiger partial charge on any atom is -0.478 e. The summed E-state index contributed by atoms with van der Waals surface area (Å²) in [6, 6.07) is 5.82. The lowest BCUT2D eigenvalue weighted by Gasteiger charge is -2.33. The van der Waals surface area contributed by atoms with Gasteiger partial charge in [-0.2, -0.15) is 0 Å². The molecule has 0 saturated carbocycles. The Balaban J connectivity index is 2.66. The van der Waals surface area contributed by atoms with Gasteiger partial charge in [0.25, 0.3) is 5.97 Å². The summed E-state index contributed by atoms with van der Waals surface area (Å²) in [6.45, 7) is 9.91. The standard InChI is InChI=1S/C22H34O8/c1-6-8-14-26-22(5,27-15-9-7-2)30-17(4)28-16(3)29-21(25)19-13-11-10-12-18(19)20(23)24/h10-13,16-17H,6-9,14-15H2,1-5H3,(H,23,24). The van der Waals surface area contributed by atoms with E-state index in [0.29, 0.717) is 13.2 Å². The first-order valence-electron chi connectivity index (χ1n) is 10.4. The maximum absolute atomic E-state index is 12.3. The first kappa shape index (κ1) is 26.0. The Hall–Kier alpha value is -2.00. The Morgan fingerprint density at radius 3 is 2.00 bits per heavy atom. The molecule has 2 atom stereocenters. The Morgan fingerprint density at radius 1 is 0.967 bits per heavy atom. The Kier molecular flexibility index (Phi) is 11.6. The van der Waals surface area contributed by atoms with E-state index in [0.717, 1.165) is 25.7 Å². The zero-order chi connectivity index (χ0) is 22.6. The van der Waals surface area contributed by atoms with Gasteiger partial charge >= 0.3 is 11.9 Å². The largest absolute Gasteiger partial charge is 0.478 e. The summed E-state index contributed by atoms with van der Waals surface area (Å²) in [5.41, 5.74) is -0.190. The molecular formula is C22H34O8. The van der Waals surface area contributed by atoms with Crippen LogP contribution in [-0.4, -0.2) is 48.8 Å². The van der Waals surface area contributed by atoms with E-state index in [-0.39, 0.29) is 11.1 Å². The predicted octanol–water partition coefficient (Wildman–Crippen LogP) is 4.57. The lowest BCUT2D eigenvalue weighted by atomic mass is 10.1. The van der Waals surface area contributed by atoms with Crippen molar-refractivity contribution in [2.75, 3.05) is 13.2 Å². The molecule has 0 aliphatic heterocycles. The number of ether oxygens (including phenoxy) is 5. The normalized spacial score (nSPS) is 13.6. The highest BCUT2D eigenvalue weighted by molar-refractivity contribution is 6.02. The summed E-state index contributed by atoms with van der Waals surface area (Å²) in [4.78, 5) is 23.6. The van der Waals surface area contributed by atoms with E-state index in [1.807, 2.05) is 0 Å². The highest BCUT2D eigenvalue weighted by Gasteiger charge is 2.31. The number of benzene rings is 1. The smallest absolute Gasteiger partial charge is 0.341 e. The van der Waals surface area contributed by atoms with Crippen LogP contribution in [-0.2, 0) is 23.7 Å². The van der Waals surface area contributed by atoms with Crippen LogP contribution in [0.5, 0.6) is 0 Å². The lowest BCUT2D eigenvalue weighted by molar-refractivity contribution is -0.415. The molecule has 0 radical (unpaired) electrons. The number of carboxylic acids is 1. The number of carbonyl (C=O) groups is 2. The Morgan fingerprint density at radius 2 is 1.50 bits per heavy atom. The van der Waals surface area contributed by atoms with Crippen LogP contribution in [0.25, 0.3) is 0 Å². The van der Waals surface area contributed by atoms with Crippen molar-refractivity contribution in [2.24, 2.45) is 0 Å². The molecule has 0 saturated heterocycles. The van der Waals surface area contributed by atoms with Crippen molar-refractivity contribution >= 4 is 11.9 Å². The summed E-state index contributed by atoms with van der Waals surface area (Å²) in [5, 5.41) is 9.21. The van der Waals surface area contributed by atoms with Crippen LogP contribution in [0.2, 0.25) is 0 Å². The molecule has 170 valence electrons. The molecule has 0 aromatic heterocycles. The average molecular weight is 427 g/mol. The second kappa shape index (κ2) is 13.3. The zero-order valence-electron chi connectivity index (χ0n) is 18.5. The van der Waals surface area contributed by atoms with Gasteiger partial charge in [0.1, 0.15) is 0 Å². The Labute approximate surface area is 178 Å². The van der Waals surface area contributed by atoms with Gasteiger partial charge < -0.3 is 24.1 Å². The van der Waals surface area contributed by atoms with Crippen LogP contribution in [0.4, 0.5) is 0 Å². The number of unbranched alkanes of at least 4 members (excludes halogenated alkanes) is 2. The fraction of sp³-hybridized carbons (Fsp3) is 0.636. The molecule has 2 unspecified atom stereocenters. The van der Waals surface area contributed by atoms with E-state index in [1.165, 1.54) is 25.1 Å². The van der Waals surface area contributed by atoms with Gasteiger partial charge in [-0.1, -0.05) is 38.8 Å². The van der Waals surface area contributed by atoms with Gasteiger partial charge in [0, 0.05) is 6.92 Å². The molecule has 1 aromatic carbocycles. The van der Waals surface area contributed by atoms with Crippen LogP contribution in [0.1, 0.15) is 81.0 Å². The van der Waals surface area contributed by atoms with Gasteiger partial charge in [-0.3, -0.25) is 4.74 Å². The molecular weight excluding hydrogens is 392 g/mol. The maximum Gasteiger partial charge on any atom is 0.341 e. The van der Waals surface area contributed by atoms with E-state index in [4.69, 9.17) is 23.7 Å². The topological polar surface area (TPSA) is 101 Å². The second-order valence-corrected chi connectivity index (χ2v) is 6.91. The van der Waals surface area contributed by atoms with E-state index < -0.39 is 30.5 Å². The van der Waals surface area contributed by atoms with Crippen LogP contribution in [0, 0.1) is 0 Å². The first-order valence-corrected chi connectivity index (χ1v) is 10.4. The van der Waals surface area contributed by atoms with Crippen molar-refractivity contribution in [1.29, 1.82) is 0 Å². The molecule has 0 fully saturated rings. The number of carbonyl (C=O) groups excluding carboxylic acids is 1. The summed E-state index contributed by atoms with van der Waals surface area (Å²) in [7, 11) is 0. The molecule has 8 nitrogen and oxygen atoms in total. The average Bonchev–Trinajstić information content (AvgIpc) is 2.68. The molecule has 0 bridgehead atoms. The van der Waals surface area contributed by atoms with E-state index >= 15 is 0 Å². The zero-order valence-corrected chi connectivity index (χ0v) is 18.5. The van der Waals surface area contributed by atoms with E-state index in [2.05, 4.69) is 13.8 Å². The van der Waals surface area contributed by atoms with Crippen molar-refractivity contribution in [3.63, 3.8) is 0 Å². The fourth-order valence-electron chi connectivity index (χ4n) is 2.60. The quantitative estimate of drug-likeness (QED) is 0.247. The molecule has 8 heteroatoms. The van der Waals surface area contributed by atoms with Gasteiger partial charge in [0.2, 0.25) is 6.29 Å². The van der Waals surface area contributed by atoms with Gasteiger partial charge in [-0.15, -0.1) is 0 Å². The monoisotopic (exact) mass is 426 g/mol. The fourth-order valence-corrected chi connectivity index (χ4v) is 2.60. The summed E-state index contributed by atoms with van der Waals surface area (Å²) >= 11 is 0. The third kappa shape index (κ3) is 9.21. The third-order valence-electron chi connectivity index (χ3n) is 4.14. The SMILES string of the molecule is CCCCOC(C)(OCCCC)OC(C)OC(C)OC(=O)c1ccccc1C(=O)O. The predicted molar refractivity (Wildman–Crippen MR) is 110 cm³/mol. The maximum atomic E-state index is 12.3. The first-order chi connectivity index (χ1) is 14.2. The molecule has 1 N–H and O–H groups in total. The molecule has 0 aliphatic carbocycles. The van der Waals surface area contributed by atoms with Crippen molar-refractivity contribution in [3.05, 3.63) is 35.4 Å².